The van der Waals surface area contributed by atoms with Crippen LogP contribution in [0.4, 0.5) is 0 Å². The summed E-state index contributed by atoms with van der Waals surface area (Å²) in [7, 11) is -5.16. The molecule has 0 bridgehead atoms. The van der Waals surface area contributed by atoms with E-state index in [9.17, 15) is 8.42 Å². The highest BCUT2D eigenvalue weighted by molar-refractivity contribution is 7.91. The van der Waals surface area contributed by atoms with E-state index in [1.54, 1.807) is 12.1 Å². The first-order valence-electron chi connectivity index (χ1n) is 5.42. The van der Waals surface area contributed by atoms with Crippen molar-refractivity contribution in [3.05, 3.63) is 24.3 Å². The van der Waals surface area contributed by atoms with Crippen LogP contribution >= 0.6 is 0 Å². The number of hydrogen-bond acceptors (Lipinski definition) is 7. The van der Waals surface area contributed by atoms with E-state index in [1.807, 2.05) is 0 Å². The molecule has 10 heteroatoms. The van der Waals surface area contributed by atoms with E-state index < -0.39 is 17.0 Å². The zero-order valence-electron chi connectivity index (χ0n) is 9.76. The fourth-order valence-electron chi connectivity index (χ4n) is 1.47. The number of aromatic nitrogens is 4. The predicted molar refractivity (Wildman–Crippen MR) is 66.7 cm³/mol. The third kappa shape index (κ3) is 3.37. The van der Waals surface area contributed by atoms with Gasteiger partial charge in [0.25, 0.3) is 0 Å². The maximum atomic E-state index is 11.9. The quantitative estimate of drug-likeness (QED) is 0.607. The normalized spacial score (nSPS) is 11.5. The molecule has 1 aromatic heterocycles. The second kappa shape index (κ2) is 5.47. The van der Waals surface area contributed by atoms with Gasteiger partial charge >= 0.3 is 7.12 Å². The Balaban J connectivity index is 2.18. The summed E-state index contributed by atoms with van der Waals surface area (Å²) in [6, 6.07) is 5.97. The SMILES string of the molecule is O=S(=O)(CCB(O)O)c1ccc(-c2nn[nH]n2)cc1. The Hall–Kier alpha value is -1.78. The number of nitrogens with one attached hydrogen (secondary N) is 1. The van der Waals surface area contributed by atoms with Crippen LogP contribution in [0, 0.1) is 0 Å². The molecule has 0 aliphatic carbocycles. The van der Waals surface area contributed by atoms with Gasteiger partial charge in [0.1, 0.15) is 0 Å². The zero-order chi connectivity index (χ0) is 13.9. The monoisotopic (exact) mass is 282 g/mol. The van der Waals surface area contributed by atoms with Gasteiger partial charge in [0.2, 0.25) is 5.82 Å². The Morgan fingerprint density at radius 1 is 1.21 bits per heavy atom. The molecule has 0 aliphatic rings. The van der Waals surface area contributed by atoms with E-state index in [1.165, 1.54) is 12.1 Å². The molecule has 19 heavy (non-hydrogen) atoms. The lowest BCUT2D eigenvalue weighted by atomic mass is 9.88. The van der Waals surface area contributed by atoms with Crippen LogP contribution in [-0.4, -0.2) is 52.0 Å². The molecule has 0 radical (unpaired) electrons. The lowest BCUT2D eigenvalue weighted by molar-refractivity contribution is 0.408. The van der Waals surface area contributed by atoms with Crippen LogP contribution in [-0.2, 0) is 9.84 Å². The summed E-state index contributed by atoms with van der Waals surface area (Å²) >= 11 is 0. The van der Waals surface area contributed by atoms with Crippen LogP contribution in [0.15, 0.2) is 29.2 Å². The molecule has 0 unspecified atom stereocenters. The summed E-state index contributed by atoms with van der Waals surface area (Å²) in [6.45, 7) is 0. The van der Waals surface area contributed by atoms with Gasteiger partial charge in [-0.3, -0.25) is 0 Å². The van der Waals surface area contributed by atoms with Crippen LogP contribution < -0.4 is 0 Å². The molecule has 2 rings (SSSR count). The molecule has 8 nitrogen and oxygen atoms in total. The van der Waals surface area contributed by atoms with E-state index in [0.29, 0.717) is 11.4 Å². The summed E-state index contributed by atoms with van der Waals surface area (Å²) in [4.78, 5) is 0.111. The lowest BCUT2D eigenvalue weighted by Gasteiger charge is -2.04. The highest BCUT2D eigenvalue weighted by Gasteiger charge is 2.18. The second-order valence-corrected chi connectivity index (χ2v) is 5.96. The number of H-pyrrole nitrogens is 1. The fourth-order valence-corrected chi connectivity index (χ4v) is 2.78. The van der Waals surface area contributed by atoms with Gasteiger partial charge in [0, 0.05) is 5.56 Å². The smallest absolute Gasteiger partial charge is 0.427 e. The molecule has 2 aromatic rings. The molecule has 0 saturated heterocycles. The minimum atomic E-state index is -3.53. The molecule has 0 atom stereocenters. The molecular formula is C9H11BN4O4S. The van der Waals surface area contributed by atoms with Crippen molar-refractivity contribution >= 4 is 17.0 Å². The summed E-state index contributed by atoms with van der Waals surface area (Å²) in [6.07, 6.45) is -0.227. The first kappa shape index (κ1) is 13.7. The summed E-state index contributed by atoms with van der Waals surface area (Å²) in [5, 5.41) is 30.7. The number of benzene rings is 1. The van der Waals surface area contributed by atoms with E-state index in [4.69, 9.17) is 10.0 Å². The van der Waals surface area contributed by atoms with Crippen molar-refractivity contribution < 1.29 is 18.5 Å². The number of aromatic amines is 1. The van der Waals surface area contributed by atoms with Gasteiger partial charge in [0.15, 0.2) is 9.84 Å². The van der Waals surface area contributed by atoms with E-state index in [0.717, 1.165) is 0 Å². The summed E-state index contributed by atoms with van der Waals surface area (Å²) in [5.41, 5.74) is 0.634. The largest absolute Gasteiger partial charge is 0.452 e. The van der Waals surface area contributed by atoms with Gasteiger partial charge in [-0.05, 0) is 35.8 Å². The van der Waals surface area contributed by atoms with Gasteiger partial charge in [-0.1, -0.05) is 0 Å². The molecular weight excluding hydrogens is 271 g/mol. The molecule has 0 fully saturated rings. The number of sulfone groups is 1. The molecule has 0 amide bonds. The van der Waals surface area contributed by atoms with Crippen LogP contribution in [0.5, 0.6) is 0 Å². The van der Waals surface area contributed by atoms with Crippen LogP contribution in [0.1, 0.15) is 0 Å². The zero-order valence-corrected chi connectivity index (χ0v) is 10.6. The van der Waals surface area contributed by atoms with Crippen molar-refractivity contribution in [1.29, 1.82) is 0 Å². The van der Waals surface area contributed by atoms with E-state index in [-0.39, 0.29) is 17.0 Å². The third-order valence-corrected chi connectivity index (χ3v) is 4.23. The number of rotatable bonds is 5. The summed E-state index contributed by atoms with van der Waals surface area (Å²) < 4.78 is 23.7. The molecule has 1 heterocycles. The molecule has 1 aromatic carbocycles. The van der Waals surface area contributed by atoms with Crippen molar-refractivity contribution in [3.8, 4) is 11.4 Å². The van der Waals surface area contributed by atoms with Crippen molar-refractivity contribution in [2.24, 2.45) is 0 Å². The lowest BCUT2D eigenvalue weighted by Crippen LogP contribution is -2.17. The topological polar surface area (TPSA) is 129 Å². The third-order valence-electron chi connectivity index (χ3n) is 2.46. The van der Waals surface area contributed by atoms with Gasteiger partial charge in [0.05, 0.1) is 10.6 Å². The Labute approximate surface area is 109 Å². The molecule has 100 valence electrons. The highest BCUT2D eigenvalue weighted by Crippen LogP contribution is 2.18. The van der Waals surface area contributed by atoms with Crippen LogP contribution in [0.3, 0.4) is 0 Å². The maximum Gasteiger partial charge on any atom is 0.452 e. The molecule has 0 spiro atoms. The predicted octanol–water partition coefficient (Wildman–Crippen LogP) is -0.887. The Bertz CT molecular complexity index is 627. The van der Waals surface area contributed by atoms with Crippen molar-refractivity contribution in [2.75, 3.05) is 5.75 Å². The number of tetrazole rings is 1. The van der Waals surface area contributed by atoms with Gasteiger partial charge < -0.3 is 10.0 Å². The van der Waals surface area contributed by atoms with Gasteiger partial charge in [-0.2, -0.15) is 5.21 Å². The van der Waals surface area contributed by atoms with E-state index in [2.05, 4.69) is 20.6 Å². The van der Waals surface area contributed by atoms with Crippen LogP contribution in [0.25, 0.3) is 11.4 Å². The fraction of sp³-hybridized carbons (Fsp3) is 0.222. The first-order chi connectivity index (χ1) is 8.99. The van der Waals surface area contributed by atoms with Crippen molar-refractivity contribution in [3.63, 3.8) is 0 Å². The molecule has 0 saturated carbocycles. The molecule has 3 N–H and O–H groups in total. The van der Waals surface area contributed by atoms with Crippen molar-refractivity contribution in [1.82, 2.24) is 20.6 Å². The first-order valence-corrected chi connectivity index (χ1v) is 7.07. The summed E-state index contributed by atoms with van der Waals surface area (Å²) in [5.74, 6) is 0.0430. The Morgan fingerprint density at radius 3 is 2.42 bits per heavy atom. The maximum absolute atomic E-state index is 11.9. The van der Waals surface area contributed by atoms with Crippen LogP contribution in [0.2, 0.25) is 6.32 Å². The average molecular weight is 282 g/mol. The molecule has 0 aliphatic heterocycles. The van der Waals surface area contributed by atoms with E-state index >= 15 is 0 Å². The number of hydrogen-bond donors (Lipinski definition) is 3. The Morgan fingerprint density at radius 2 is 1.89 bits per heavy atom. The second-order valence-electron chi connectivity index (χ2n) is 3.85. The minimum Gasteiger partial charge on any atom is -0.427 e. The number of nitrogens with zero attached hydrogens (tertiary/aromatic N) is 3. The highest BCUT2D eigenvalue weighted by atomic mass is 32.2. The minimum absolute atomic E-state index is 0.111. The van der Waals surface area contributed by atoms with Gasteiger partial charge in [-0.15, -0.1) is 10.2 Å². The van der Waals surface area contributed by atoms with Gasteiger partial charge in [-0.25, -0.2) is 8.42 Å². The Kier molecular flexibility index (Phi) is 3.93. The standard InChI is InChI=1S/C9H11BN4O4S/c15-10(16)5-6-19(17,18)8-3-1-7(2-4-8)9-11-13-14-12-9/h1-4,15-16H,5-6H2,(H,11,12,13,14). The average Bonchev–Trinajstić information content (AvgIpc) is 2.91. The van der Waals surface area contributed by atoms with Crippen molar-refractivity contribution in [2.45, 2.75) is 11.2 Å².